The van der Waals surface area contributed by atoms with Crippen LogP contribution in [0.25, 0.3) is 0 Å². The minimum atomic E-state index is -0.433. The summed E-state index contributed by atoms with van der Waals surface area (Å²) in [6.07, 6.45) is 0. The van der Waals surface area contributed by atoms with E-state index in [2.05, 4.69) is 10.6 Å². The van der Waals surface area contributed by atoms with Crippen LogP contribution in [0.5, 0.6) is 17.2 Å². The average Bonchev–Trinajstić information content (AvgIpc) is 2.75. The molecule has 0 saturated carbocycles. The van der Waals surface area contributed by atoms with E-state index in [0.29, 0.717) is 34.2 Å². The lowest BCUT2D eigenvalue weighted by Gasteiger charge is -2.10. The fraction of sp³-hybridized carbons (Fsp3) is 0.0909. The molecular formula is C22H20N2O5. The molecule has 0 aromatic heterocycles. The lowest BCUT2D eigenvalue weighted by atomic mass is 10.2. The molecule has 0 aliphatic rings. The van der Waals surface area contributed by atoms with E-state index in [9.17, 15) is 9.59 Å². The van der Waals surface area contributed by atoms with Gasteiger partial charge in [0.15, 0.2) is 0 Å². The predicted molar refractivity (Wildman–Crippen MR) is 110 cm³/mol. The fourth-order valence-corrected chi connectivity index (χ4v) is 2.51. The summed E-state index contributed by atoms with van der Waals surface area (Å²) in [6.45, 7) is 0. The average molecular weight is 392 g/mol. The van der Waals surface area contributed by atoms with Crippen LogP contribution in [-0.4, -0.2) is 26.2 Å². The number of carbonyl (C=O) groups is 2. The van der Waals surface area contributed by atoms with Crippen LogP contribution in [0.1, 0.15) is 10.4 Å². The highest BCUT2D eigenvalue weighted by Crippen LogP contribution is 2.24. The lowest BCUT2D eigenvalue weighted by Crippen LogP contribution is -2.19. The van der Waals surface area contributed by atoms with Gasteiger partial charge >= 0.3 is 12.0 Å². The van der Waals surface area contributed by atoms with Crippen LogP contribution < -0.4 is 20.1 Å². The number of anilines is 2. The minimum Gasteiger partial charge on any atom is -0.497 e. The number of benzene rings is 3. The Kier molecular flexibility index (Phi) is 6.32. The molecule has 3 aromatic carbocycles. The SMILES string of the molecule is COC(=O)c1cccc(Oc2ccc(NC(=O)Nc3ccc(OC)cc3)cc2)c1. The first-order chi connectivity index (χ1) is 14.1. The third-order valence-corrected chi connectivity index (χ3v) is 3.95. The van der Waals surface area contributed by atoms with Gasteiger partial charge in [0.2, 0.25) is 0 Å². The van der Waals surface area contributed by atoms with Crippen LogP contribution in [0.4, 0.5) is 16.2 Å². The second-order valence-electron chi connectivity index (χ2n) is 5.95. The zero-order valence-corrected chi connectivity index (χ0v) is 16.0. The molecule has 0 bridgehead atoms. The van der Waals surface area contributed by atoms with Crippen molar-refractivity contribution >= 4 is 23.4 Å². The highest BCUT2D eigenvalue weighted by Gasteiger charge is 2.07. The topological polar surface area (TPSA) is 85.9 Å². The van der Waals surface area contributed by atoms with Gasteiger partial charge in [-0.3, -0.25) is 0 Å². The number of ether oxygens (including phenoxy) is 3. The third-order valence-electron chi connectivity index (χ3n) is 3.95. The van der Waals surface area contributed by atoms with Gasteiger partial charge in [-0.2, -0.15) is 0 Å². The number of urea groups is 1. The second kappa shape index (κ2) is 9.27. The van der Waals surface area contributed by atoms with Crippen LogP contribution in [0.2, 0.25) is 0 Å². The zero-order chi connectivity index (χ0) is 20.6. The van der Waals surface area contributed by atoms with E-state index in [1.54, 1.807) is 79.9 Å². The quantitative estimate of drug-likeness (QED) is 0.582. The summed E-state index contributed by atoms with van der Waals surface area (Å²) >= 11 is 0. The number of hydrogen-bond donors (Lipinski definition) is 2. The van der Waals surface area contributed by atoms with Crippen molar-refractivity contribution in [3.8, 4) is 17.2 Å². The van der Waals surface area contributed by atoms with Crippen LogP contribution in [0, 0.1) is 0 Å². The number of methoxy groups -OCH3 is 2. The van der Waals surface area contributed by atoms with Gasteiger partial charge in [0, 0.05) is 11.4 Å². The van der Waals surface area contributed by atoms with Crippen LogP contribution in [0.15, 0.2) is 72.8 Å². The summed E-state index contributed by atoms with van der Waals surface area (Å²) in [5, 5.41) is 5.48. The Morgan fingerprint density at radius 3 is 1.86 bits per heavy atom. The van der Waals surface area contributed by atoms with E-state index in [1.807, 2.05) is 0 Å². The smallest absolute Gasteiger partial charge is 0.337 e. The van der Waals surface area contributed by atoms with Gasteiger partial charge in [0.25, 0.3) is 0 Å². The summed E-state index contributed by atoms with van der Waals surface area (Å²) in [7, 11) is 2.91. The van der Waals surface area contributed by atoms with Gasteiger partial charge < -0.3 is 24.8 Å². The Morgan fingerprint density at radius 2 is 1.31 bits per heavy atom. The second-order valence-corrected chi connectivity index (χ2v) is 5.95. The molecule has 0 atom stereocenters. The van der Waals surface area contributed by atoms with Crippen molar-refractivity contribution in [1.29, 1.82) is 0 Å². The standard InChI is InChI=1S/C22H20N2O5/c1-27-18-10-6-16(7-11-18)23-22(26)24-17-8-12-19(13-9-17)29-20-5-3-4-15(14-20)21(25)28-2/h3-14H,1-2H3,(H2,23,24,26). The van der Waals surface area contributed by atoms with E-state index in [4.69, 9.17) is 14.2 Å². The molecule has 3 rings (SSSR count). The van der Waals surface area contributed by atoms with E-state index in [0.717, 1.165) is 0 Å². The first kappa shape index (κ1) is 19.8. The molecule has 148 valence electrons. The molecule has 0 saturated heterocycles. The predicted octanol–water partition coefficient (Wildman–Crippen LogP) is 4.92. The van der Waals surface area contributed by atoms with Gasteiger partial charge in [0.1, 0.15) is 17.2 Å². The van der Waals surface area contributed by atoms with Gasteiger partial charge in [-0.05, 0) is 66.7 Å². The number of nitrogens with one attached hydrogen (secondary N) is 2. The molecule has 7 heteroatoms. The molecule has 0 heterocycles. The Balaban J connectivity index is 1.58. The molecule has 2 N–H and O–H groups in total. The summed E-state index contributed by atoms with van der Waals surface area (Å²) in [5.41, 5.74) is 1.65. The molecule has 2 amide bonds. The van der Waals surface area contributed by atoms with Crippen LogP contribution in [0.3, 0.4) is 0 Å². The molecular weight excluding hydrogens is 372 g/mol. The largest absolute Gasteiger partial charge is 0.497 e. The molecule has 7 nitrogen and oxygen atoms in total. The fourth-order valence-electron chi connectivity index (χ4n) is 2.51. The van der Waals surface area contributed by atoms with E-state index in [1.165, 1.54) is 7.11 Å². The lowest BCUT2D eigenvalue weighted by molar-refractivity contribution is 0.0600. The molecule has 29 heavy (non-hydrogen) atoms. The molecule has 0 aliphatic heterocycles. The number of rotatable bonds is 6. The molecule has 0 radical (unpaired) electrons. The van der Waals surface area contributed by atoms with Crippen molar-refractivity contribution in [2.45, 2.75) is 0 Å². The van der Waals surface area contributed by atoms with Crippen molar-refractivity contribution in [3.05, 3.63) is 78.4 Å². The van der Waals surface area contributed by atoms with Crippen molar-refractivity contribution in [3.63, 3.8) is 0 Å². The Morgan fingerprint density at radius 1 is 0.724 bits per heavy atom. The van der Waals surface area contributed by atoms with Crippen LogP contribution in [-0.2, 0) is 4.74 Å². The maximum Gasteiger partial charge on any atom is 0.337 e. The van der Waals surface area contributed by atoms with Crippen molar-refractivity contribution in [2.24, 2.45) is 0 Å². The van der Waals surface area contributed by atoms with E-state index < -0.39 is 5.97 Å². The number of esters is 1. The van der Waals surface area contributed by atoms with Gasteiger partial charge in [-0.15, -0.1) is 0 Å². The summed E-state index contributed by atoms with van der Waals surface area (Å²) in [5.74, 6) is 1.35. The molecule has 3 aromatic rings. The summed E-state index contributed by atoms with van der Waals surface area (Å²) in [4.78, 5) is 23.7. The minimum absolute atomic E-state index is 0.366. The number of hydrogen-bond acceptors (Lipinski definition) is 5. The van der Waals surface area contributed by atoms with Gasteiger partial charge in [0.05, 0.1) is 19.8 Å². The monoisotopic (exact) mass is 392 g/mol. The number of carbonyl (C=O) groups excluding carboxylic acids is 2. The Bertz CT molecular complexity index is 985. The number of amides is 2. The summed E-state index contributed by atoms with van der Waals surface area (Å²) < 4.78 is 15.5. The Hall–Kier alpha value is -4.00. The van der Waals surface area contributed by atoms with E-state index in [-0.39, 0.29) is 6.03 Å². The highest BCUT2D eigenvalue weighted by atomic mass is 16.5. The normalized spacial score (nSPS) is 10.0. The summed E-state index contributed by atoms with van der Waals surface area (Å²) in [6, 6.07) is 20.2. The zero-order valence-electron chi connectivity index (χ0n) is 16.0. The first-order valence-electron chi connectivity index (χ1n) is 8.76. The van der Waals surface area contributed by atoms with Crippen molar-refractivity contribution < 1.29 is 23.8 Å². The van der Waals surface area contributed by atoms with E-state index >= 15 is 0 Å². The molecule has 0 spiro atoms. The molecule has 0 unspecified atom stereocenters. The third kappa shape index (κ3) is 5.49. The van der Waals surface area contributed by atoms with Crippen LogP contribution >= 0.6 is 0 Å². The maximum atomic E-state index is 12.1. The molecule has 0 aliphatic carbocycles. The maximum absolute atomic E-state index is 12.1. The molecule has 0 fully saturated rings. The van der Waals surface area contributed by atoms with Crippen molar-refractivity contribution in [2.75, 3.05) is 24.9 Å². The van der Waals surface area contributed by atoms with Crippen molar-refractivity contribution in [1.82, 2.24) is 0 Å². The van der Waals surface area contributed by atoms with Gasteiger partial charge in [-0.1, -0.05) is 6.07 Å². The highest BCUT2D eigenvalue weighted by molar-refractivity contribution is 5.99. The first-order valence-corrected chi connectivity index (χ1v) is 8.76. The Labute approximate surface area is 168 Å². The van der Waals surface area contributed by atoms with Gasteiger partial charge in [-0.25, -0.2) is 9.59 Å².